The molecule has 1 unspecified atom stereocenters. The molecule has 0 amide bonds. The summed E-state index contributed by atoms with van der Waals surface area (Å²) < 4.78 is 10.3. The summed E-state index contributed by atoms with van der Waals surface area (Å²) in [7, 11) is 0. The van der Waals surface area contributed by atoms with Gasteiger partial charge in [0.15, 0.2) is 6.29 Å². The number of benzene rings is 1. The van der Waals surface area contributed by atoms with E-state index in [4.69, 9.17) is 15.9 Å². The molecule has 5 nitrogen and oxygen atoms in total. The molecule has 5 heteroatoms. The molecule has 102 valence electrons. The van der Waals surface area contributed by atoms with Gasteiger partial charge in [-0.25, -0.2) is 0 Å². The van der Waals surface area contributed by atoms with Crippen molar-refractivity contribution >= 4 is 0 Å². The lowest BCUT2D eigenvalue weighted by Gasteiger charge is -2.14. The number of aliphatic hydroxyl groups is 3. The Hall–Kier alpha value is -1.42. The summed E-state index contributed by atoms with van der Waals surface area (Å²) in [5, 5.41) is 28.1. The van der Waals surface area contributed by atoms with Gasteiger partial charge in [0.2, 0.25) is 0 Å². The zero-order valence-electron chi connectivity index (χ0n) is 10.3. The van der Waals surface area contributed by atoms with Gasteiger partial charge in [0, 0.05) is 5.56 Å². The van der Waals surface area contributed by atoms with E-state index < -0.39 is 24.6 Å². The molecule has 1 heterocycles. The number of rotatable bonds is 4. The van der Waals surface area contributed by atoms with Crippen molar-refractivity contribution in [2.75, 3.05) is 6.61 Å². The zero-order chi connectivity index (χ0) is 13.8. The van der Waals surface area contributed by atoms with Crippen molar-refractivity contribution in [2.24, 2.45) is 0 Å². The first-order chi connectivity index (χ1) is 9.11. The maximum absolute atomic E-state index is 9.56. The minimum Gasteiger partial charge on any atom is -0.387 e. The van der Waals surface area contributed by atoms with Crippen molar-refractivity contribution in [1.29, 1.82) is 0 Å². The summed E-state index contributed by atoms with van der Waals surface area (Å²) in [6, 6.07) is 7.33. The molecule has 3 N–H and O–H groups in total. The molecule has 0 saturated carbocycles. The Kier molecular flexibility index (Phi) is 4.53. The molecule has 1 aliphatic heterocycles. The fourth-order valence-corrected chi connectivity index (χ4v) is 1.86. The van der Waals surface area contributed by atoms with Crippen molar-refractivity contribution < 1.29 is 24.8 Å². The molecule has 1 saturated heterocycles. The number of terminal acetylenes is 1. The molecule has 0 radical (unpaired) electrons. The third-order valence-electron chi connectivity index (χ3n) is 3.01. The van der Waals surface area contributed by atoms with E-state index in [1.807, 2.05) is 24.3 Å². The minimum absolute atomic E-state index is 0.0895. The standard InChI is InChI=1S/C14H16O5/c1-2-9-3-5-10(6-4-9)7-18-8-11-12(15)13(16)14(17)19-11/h1,3-6,11-17H,7-8H2/t11-,12+,13?,14-/m1/s1. The monoisotopic (exact) mass is 264 g/mol. The highest BCUT2D eigenvalue weighted by Gasteiger charge is 2.41. The third-order valence-corrected chi connectivity index (χ3v) is 3.01. The fourth-order valence-electron chi connectivity index (χ4n) is 1.86. The number of hydrogen-bond acceptors (Lipinski definition) is 5. The molecule has 1 aliphatic rings. The van der Waals surface area contributed by atoms with Crippen LogP contribution >= 0.6 is 0 Å². The van der Waals surface area contributed by atoms with Gasteiger partial charge < -0.3 is 24.8 Å². The van der Waals surface area contributed by atoms with Crippen LogP contribution in [0.4, 0.5) is 0 Å². The average Bonchev–Trinajstić information content (AvgIpc) is 2.67. The van der Waals surface area contributed by atoms with Gasteiger partial charge in [-0.15, -0.1) is 6.42 Å². The van der Waals surface area contributed by atoms with E-state index >= 15 is 0 Å². The molecular formula is C14H16O5. The van der Waals surface area contributed by atoms with E-state index in [0.717, 1.165) is 11.1 Å². The smallest absolute Gasteiger partial charge is 0.184 e. The van der Waals surface area contributed by atoms with Crippen molar-refractivity contribution in [3.8, 4) is 12.3 Å². The zero-order valence-corrected chi connectivity index (χ0v) is 10.3. The van der Waals surface area contributed by atoms with Gasteiger partial charge in [-0.1, -0.05) is 18.1 Å². The topological polar surface area (TPSA) is 79.2 Å². The molecule has 1 aromatic carbocycles. The molecule has 0 aliphatic carbocycles. The lowest BCUT2D eigenvalue weighted by molar-refractivity contribution is -0.137. The Bertz CT molecular complexity index is 450. The first-order valence-corrected chi connectivity index (χ1v) is 5.95. The molecular weight excluding hydrogens is 248 g/mol. The van der Waals surface area contributed by atoms with Gasteiger partial charge in [-0.05, 0) is 17.7 Å². The Morgan fingerprint density at radius 1 is 1.16 bits per heavy atom. The van der Waals surface area contributed by atoms with Gasteiger partial charge in [0.25, 0.3) is 0 Å². The SMILES string of the molecule is C#Cc1ccc(COC[C@H]2O[C@@H](O)C(O)[C@H]2O)cc1. The molecule has 0 bridgehead atoms. The van der Waals surface area contributed by atoms with Crippen molar-refractivity contribution in [1.82, 2.24) is 0 Å². The van der Waals surface area contributed by atoms with Gasteiger partial charge in [-0.2, -0.15) is 0 Å². The molecule has 4 atom stereocenters. The normalized spacial score (nSPS) is 30.2. The predicted molar refractivity (Wildman–Crippen MR) is 66.9 cm³/mol. The molecule has 1 aromatic rings. The van der Waals surface area contributed by atoms with Gasteiger partial charge in [0.05, 0.1) is 13.2 Å². The van der Waals surface area contributed by atoms with E-state index in [1.165, 1.54) is 0 Å². The van der Waals surface area contributed by atoms with E-state index in [2.05, 4.69) is 5.92 Å². The van der Waals surface area contributed by atoms with E-state index in [9.17, 15) is 15.3 Å². The van der Waals surface area contributed by atoms with Crippen LogP contribution in [0.1, 0.15) is 11.1 Å². The van der Waals surface area contributed by atoms with Crippen LogP contribution in [-0.2, 0) is 16.1 Å². The van der Waals surface area contributed by atoms with E-state index in [-0.39, 0.29) is 6.61 Å². The Balaban J connectivity index is 1.79. The first kappa shape index (κ1) is 14.0. The van der Waals surface area contributed by atoms with E-state index in [1.54, 1.807) is 0 Å². The lowest BCUT2D eigenvalue weighted by atomic mass is 10.1. The van der Waals surface area contributed by atoms with Crippen LogP contribution in [0.2, 0.25) is 0 Å². The number of ether oxygens (including phenoxy) is 2. The van der Waals surface area contributed by atoms with Crippen LogP contribution in [0, 0.1) is 12.3 Å². The molecule has 0 aromatic heterocycles. The minimum atomic E-state index is -1.36. The summed E-state index contributed by atoms with van der Waals surface area (Å²) in [6.07, 6.45) is 0.733. The first-order valence-electron chi connectivity index (χ1n) is 5.95. The van der Waals surface area contributed by atoms with Crippen molar-refractivity contribution in [2.45, 2.75) is 31.2 Å². The highest BCUT2D eigenvalue weighted by molar-refractivity contribution is 5.33. The van der Waals surface area contributed by atoms with Crippen molar-refractivity contribution in [3.05, 3.63) is 35.4 Å². The van der Waals surface area contributed by atoms with Gasteiger partial charge >= 0.3 is 0 Å². The van der Waals surface area contributed by atoms with Crippen LogP contribution in [0.5, 0.6) is 0 Å². The second kappa shape index (κ2) is 6.15. The molecule has 19 heavy (non-hydrogen) atoms. The third kappa shape index (κ3) is 3.32. The average molecular weight is 264 g/mol. The number of aliphatic hydroxyl groups excluding tert-OH is 3. The second-order valence-electron chi connectivity index (χ2n) is 4.40. The van der Waals surface area contributed by atoms with Crippen LogP contribution in [-0.4, -0.2) is 46.5 Å². The number of hydrogen-bond donors (Lipinski definition) is 3. The molecule has 2 rings (SSSR count). The summed E-state index contributed by atoms with van der Waals surface area (Å²) >= 11 is 0. The molecule has 0 spiro atoms. The fraction of sp³-hybridized carbons (Fsp3) is 0.429. The second-order valence-corrected chi connectivity index (χ2v) is 4.40. The maximum atomic E-state index is 9.56. The Morgan fingerprint density at radius 3 is 2.37 bits per heavy atom. The lowest BCUT2D eigenvalue weighted by Crippen LogP contribution is -2.34. The summed E-state index contributed by atoms with van der Waals surface area (Å²) in [5.74, 6) is 2.52. The highest BCUT2D eigenvalue weighted by atomic mass is 16.7. The molecule has 1 fully saturated rings. The van der Waals surface area contributed by atoms with Crippen LogP contribution < -0.4 is 0 Å². The van der Waals surface area contributed by atoms with Gasteiger partial charge in [-0.3, -0.25) is 0 Å². The Morgan fingerprint density at radius 2 is 1.84 bits per heavy atom. The summed E-state index contributed by atoms with van der Waals surface area (Å²) in [5.41, 5.74) is 1.73. The largest absolute Gasteiger partial charge is 0.387 e. The highest BCUT2D eigenvalue weighted by Crippen LogP contribution is 2.20. The van der Waals surface area contributed by atoms with Crippen LogP contribution in [0.25, 0.3) is 0 Å². The van der Waals surface area contributed by atoms with Crippen LogP contribution in [0.15, 0.2) is 24.3 Å². The quantitative estimate of drug-likeness (QED) is 0.646. The van der Waals surface area contributed by atoms with Gasteiger partial charge in [0.1, 0.15) is 18.3 Å². The summed E-state index contributed by atoms with van der Waals surface area (Å²) in [6.45, 7) is 0.426. The maximum Gasteiger partial charge on any atom is 0.184 e. The predicted octanol–water partition coefficient (Wildman–Crippen LogP) is -0.377. The van der Waals surface area contributed by atoms with Crippen molar-refractivity contribution in [3.63, 3.8) is 0 Å². The summed E-state index contributed by atoms with van der Waals surface area (Å²) in [4.78, 5) is 0. The van der Waals surface area contributed by atoms with E-state index in [0.29, 0.717) is 6.61 Å². The van der Waals surface area contributed by atoms with Crippen LogP contribution in [0.3, 0.4) is 0 Å². The Labute approximate surface area is 111 Å².